The molecule has 0 bridgehead atoms. The van der Waals surface area contributed by atoms with Crippen LogP contribution in [0.1, 0.15) is 41.5 Å². The molecule has 2 fully saturated rings. The lowest BCUT2D eigenvalue weighted by Gasteiger charge is -2.11. The van der Waals surface area contributed by atoms with Crippen LogP contribution in [0.5, 0.6) is 0 Å². The van der Waals surface area contributed by atoms with Crippen molar-refractivity contribution in [3.05, 3.63) is 52.2 Å². The third kappa shape index (κ3) is 3.98. The van der Waals surface area contributed by atoms with Gasteiger partial charge in [0.05, 0.1) is 12.6 Å². The second kappa shape index (κ2) is 7.50. The van der Waals surface area contributed by atoms with E-state index < -0.39 is 0 Å². The first-order valence-corrected chi connectivity index (χ1v) is 10.3. The van der Waals surface area contributed by atoms with E-state index in [4.69, 9.17) is 0 Å². The molecule has 1 saturated heterocycles. The first-order valence-electron chi connectivity index (χ1n) is 10.3. The SMILES string of the molecule is Cc1ccc(CNc2nc(NC3CC3)n3ncc(/C=C4\CC(=O)NC4=O)c3n2)cc1C. The average Bonchev–Trinajstić information content (AvgIpc) is 3.37. The van der Waals surface area contributed by atoms with E-state index in [0.29, 0.717) is 41.3 Å². The number of fused-ring (bicyclic) bond motifs is 1. The molecule has 31 heavy (non-hydrogen) atoms. The summed E-state index contributed by atoms with van der Waals surface area (Å²) in [7, 11) is 0. The topological polar surface area (TPSA) is 113 Å². The number of amides is 2. The van der Waals surface area contributed by atoms with Gasteiger partial charge in [-0.2, -0.15) is 19.6 Å². The molecule has 1 saturated carbocycles. The molecule has 3 N–H and O–H groups in total. The molecule has 158 valence electrons. The highest BCUT2D eigenvalue weighted by Gasteiger charge is 2.26. The van der Waals surface area contributed by atoms with E-state index >= 15 is 0 Å². The molecule has 3 aromatic rings. The molecule has 2 aliphatic rings. The second-order valence-electron chi connectivity index (χ2n) is 8.12. The highest BCUT2D eigenvalue weighted by atomic mass is 16.2. The molecule has 3 heterocycles. The molecule has 5 rings (SSSR count). The number of nitrogens with zero attached hydrogens (tertiary/aromatic N) is 4. The highest BCUT2D eigenvalue weighted by molar-refractivity contribution is 6.15. The number of hydrogen-bond donors (Lipinski definition) is 3. The van der Waals surface area contributed by atoms with Crippen LogP contribution in [0, 0.1) is 13.8 Å². The van der Waals surface area contributed by atoms with E-state index in [1.54, 1.807) is 16.8 Å². The molecule has 0 atom stereocenters. The Balaban J connectivity index is 1.48. The number of rotatable bonds is 6. The Morgan fingerprint density at radius 1 is 1.19 bits per heavy atom. The number of aryl methyl sites for hydroxylation is 2. The number of nitrogens with one attached hydrogen (secondary N) is 3. The molecule has 9 nitrogen and oxygen atoms in total. The summed E-state index contributed by atoms with van der Waals surface area (Å²) in [5, 5.41) is 13.4. The maximum atomic E-state index is 12.0. The zero-order valence-electron chi connectivity index (χ0n) is 17.4. The predicted octanol–water partition coefficient (Wildman–Crippen LogP) is 2.36. The fraction of sp³-hybridized carbons (Fsp3) is 0.318. The third-order valence-corrected chi connectivity index (χ3v) is 5.55. The largest absolute Gasteiger partial charge is 0.351 e. The van der Waals surface area contributed by atoms with Crippen molar-refractivity contribution >= 4 is 35.4 Å². The molecular weight excluding hydrogens is 394 g/mol. The molecule has 0 spiro atoms. The zero-order chi connectivity index (χ0) is 21.5. The summed E-state index contributed by atoms with van der Waals surface area (Å²) in [4.78, 5) is 32.7. The van der Waals surface area contributed by atoms with Gasteiger partial charge in [-0.05, 0) is 49.5 Å². The Bertz CT molecular complexity index is 1240. The maximum absolute atomic E-state index is 12.0. The van der Waals surface area contributed by atoms with Crippen LogP contribution in [0.15, 0.2) is 30.0 Å². The third-order valence-electron chi connectivity index (χ3n) is 5.55. The number of imide groups is 1. The van der Waals surface area contributed by atoms with Crippen LogP contribution in [0.2, 0.25) is 0 Å². The molecule has 0 radical (unpaired) electrons. The van der Waals surface area contributed by atoms with Gasteiger partial charge in [0.25, 0.3) is 5.91 Å². The van der Waals surface area contributed by atoms with Crippen molar-refractivity contribution < 1.29 is 9.59 Å². The van der Waals surface area contributed by atoms with Gasteiger partial charge >= 0.3 is 0 Å². The van der Waals surface area contributed by atoms with E-state index in [0.717, 1.165) is 18.4 Å². The van der Waals surface area contributed by atoms with Crippen LogP contribution in [0.25, 0.3) is 11.7 Å². The molecule has 1 aliphatic heterocycles. The van der Waals surface area contributed by atoms with Gasteiger partial charge in [0.15, 0.2) is 5.65 Å². The normalized spacial score (nSPS) is 17.4. The van der Waals surface area contributed by atoms with Crippen molar-refractivity contribution in [3.63, 3.8) is 0 Å². The minimum atomic E-state index is -0.372. The zero-order valence-corrected chi connectivity index (χ0v) is 17.4. The minimum Gasteiger partial charge on any atom is -0.351 e. The van der Waals surface area contributed by atoms with E-state index in [1.807, 2.05) is 0 Å². The lowest BCUT2D eigenvalue weighted by atomic mass is 10.1. The Hall–Kier alpha value is -3.75. The Morgan fingerprint density at radius 3 is 2.74 bits per heavy atom. The standard InChI is InChI=1S/C22H23N7O2/c1-12-3-4-14(7-13(12)2)10-23-21-27-19-16(8-15-9-18(30)26-20(15)31)11-24-29(19)22(28-21)25-17-5-6-17/h3-4,7-8,11,17H,5-6,9-10H2,1-2H3,(H,26,30,31)(H2,23,25,27,28)/b15-8+. The predicted molar refractivity (Wildman–Crippen MR) is 116 cm³/mol. The summed E-state index contributed by atoms with van der Waals surface area (Å²) in [6, 6.07) is 6.72. The second-order valence-corrected chi connectivity index (χ2v) is 8.12. The summed E-state index contributed by atoms with van der Waals surface area (Å²) in [6.07, 6.45) is 5.56. The van der Waals surface area contributed by atoms with Crippen molar-refractivity contribution in [2.75, 3.05) is 10.6 Å². The Morgan fingerprint density at radius 2 is 2.03 bits per heavy atom. The van der Waals surface area contributed by atoms with Gasteiger partial charge in [-0.3, -0.25) is 14.9 Å². The fourth-order valence-electron chi connectivity index (χ4n) is 3.48. The lowest BCUT2D eigenvalue weighted by molar-refractivity contribution is -0.124. The van der Waals surface area contributed by atoms with Gasteiger partial charge in [-0.15, -0.1) is 0 Å². The summed E-state index contributed by atoms with van der Waals surface area (Å²) < 4.78 is 1.64. The maximum Gasteiger partial charge on any atom is 0.254 e. The lowest BCUT2D eigenvalue weighted by Crippen LogP contribution is -2.19. The van der Waals surface area contributed by atoms with Crippen LogP contribution in [-0.4, -0.2) is 37.4 Å². The van der Waals surface area contributed by atoms with Crippen LogP contribution in [0.4, 0.5) is 11.9 Å². The summed E-state index contributed by atoms with van der Waals surface area (Å²) >= 11 is 0. The van der Waals surface area contributed by atoms with Gasteiger partial charge in [0.1, 0.15) is 0 Å². The van der Waals surface area contributed by atoms with Crippen molar-refractivity contribution in [2.45, 2.75) is 45.7 Å². The van der Waals surface area contributed by atoms with Crippen LogP contribution in [-0.2, 0) is 16.1 Å². The molecule has 1 aromatic carbocycles. The summed E-state index contributed by atoms with van der Waals surface area (Å²) in [5.74, 6) is 0.407. The van der Waals surface area contributed by atoms with E-state index in [9.17, 15) is 9.59 Å². The van der Waals surface area contributed by atoms with E-state index in [-0.39, 0.29) is 18.2 Å². The number of carbonyl (C=O) groups excluding carboxylic acids is 2. The highest BCUT2D eigenvalue weighted by Crippen LogP contribution is 2.26. The molecule has 2 amide bonds. The first-order chi connectivity index (χ1) is 15.0. The Labute approximate surface area is 179 Å². The molecule has 1 aliphatic carbocycles. The quantitative estimate of drug-likeness (QED) is 0.417. The monoisotopic (exact) mass is 417 g/mol. The van der Waals surface area contributed by atoms with Gasteiger partial charge < -0.3 is 10.6 Å². The number of aromatic nitrogens is 4. The van der Waals surface area contributed by atoms with Crippen LogP contribution in [0.3, 0.4) is 0 Å². The van der Waals surface area contributed by atoms with E-state index in [2.05, 4.69) is 63.1 Å². The van der Waals surface area contributed by atoms with Crippen molar-refractivity contribution in [1.82, 2.24) is 24.9 Å². The van der Waals surface area contributed by atoms with Gasteiger partial charge in [-0.1, -0.05) is 18.2 Å². The smallest absolute Gasteiger partial charge is 0.254 e. The number of hydrogen-bond acceptors (Lipinski definition) is 7. The fourth-order valence-corrected chi connectivity index (χ4v) is 3.48. The van der Waals surface area contributed by atoms with Gasteiger partial charge in [-0.25, -0.2) is 0 Å². The molecule has 9 heteroatoms. The van der Waals surface area contributed by atoms with Crippen molar-refractivity contribution in [2.24, 2.45) is 0 Å². The Kier molecular flexibility index (Phi) is 4.65. The number of carbonyl (C=O) groups is 2. The summed E-state index contributed by atoms with van der Waals surface area (Å²) in [6.45, 7) is 4.77. The molecule has 2 aromatic heterocycles. The van der Waals surface area contributed by atoms with Gasteiger partial charge in [0, 0.05) is 23.7 Å². The molecular formula is C22H23N7O2. The van der Waals surface area contributed by atoms with Crippen LogP contribution >= 0.6 is 0 Å². The number of benzene rings is 1. The van der Waals surface area contributed by atoms with E-state index in [1.165, 1.54) is 11.1 Å². The van der Waals surface area contributed by atoms with Crippen molar-refractivity contribution in [1.29, 1.82) is 0 Å². The van der Waals surface area contributed by atoms with Crippen molar-refractivity contribution in [3.8, 4) is 0 Å². The van der Waals surface area contributed by atoms with Gasteiger partial charge in [0.2, 0.25) is 17.8 Å². The first kappa shape index (κ1) is 19.2. The minimum absolute atomic E-state index is 0.0618. The number of anilines is 2. The van der Waals surface area contributed by atoms with Crippen LogP contribution < -0.4 is 16.0 Å². The average molecular weight is 417 g/mol. The summed E-state index contributed by atoms with van der Waals surface area (Å²) in [5.41, 5.74) is 5.26. The molecule has 0 unspecified atom stereocenters.